The summed E-state index contributed by atoms with van der Waals surface area (Å²) in [5.41, 5.74) is -0.224. The van der Waals surface area contributed by atoms with Gasteiger partial charge in [-0.05, 0) is 6.07 Å². The fourth-order valence-corrected chi connectivity index (χ4v) is 0.969. The maximum absolute atomic E-state index is 11.1. The van der Waals surface area contributed by atoms with Crippen molar-refractivity contribution in [2.75, 3.05) is 13.7 Å². The molecule has 1 rings (SSSR count). The number of ether oxygens (including phenoxy) is 1. The van der Waals surface area contributed by atoms with Gasteiger partial charge in [0.1, 0.15) is 0 Å². The van der Waals surface area contributed by atoms with Crippen molar-refractivity contribution in [2.45, 2.75) is 12.6 Å². The monoisotopic (exact) mass is 184 g/mol. The maximum Gasteiger partial charge on any atom is 0.266 e. The Morgan fingerprint density at radius 2 is 2.54 bits per heavy atom. The summed E-state index contributed by atoms with van der Waals surface area (Å²) in [4.78, 5) is 11.1. The molecule has 5 nitrogen and oxygen atoms in total. The van der Waals surface area contributed by atoms with E-state index >= 15 is 0 Å². The zero-order valence-corrected chi connectivity index (χ0v) is 7.38. The molecule has 0 saturated carbocycles. The summed E-state index contributed by atoms with van der Waals surface area (Å²) in [5, 5.41) is 13.1. The van der Waals surface area contributed by atoms with Gasteiger partial charge in [-0.15, -0.1) is 0 Å². The summed E-state index contributed by atoms with van der Waals surface area (Å²) >= 11 is 0. The summed E-state index contributed by atoms with van der Waals surface area (Å²) in [6.45, 7) is 0.358. The van der Waals surface area contributed by atoms with E-state index in [1.165, 1.54) is 24.1 Å². The van der Waals surface area contributed by atoms with E-state index in [1.807, 2.05) is 0 Å². The van der Waals surface area contributed by atoms with Gasteiger partial charge in [0.05, 0.1) is 19.3 Å². The summed E-state index contributed by atoms with van der Waals surface area (Å²) in [6, 6.07) is 2.95. The van der Waals surface area contributed by atoms with Gasteiger partial charge in [-0.3, -0.25) is 4.79 Å². The van der Waals surface area contributed by atoms with Crippen molar-refractivity contribution in [1.82, 2.24) is 9.78 Å². The molecule has 72 valence electrons. The Hall–Kier alpha value is -1.20. The van der Waals surface area contributed by atoms with Gasteiger partial charge in [0, 0.05) is 19.4 Å². The van der Waals surface area contributed by atoms with Crippen LogP contribution in [0.2, 0.25) is 0 Å². The van der Waals surface area contributed by atoms with Crippen LogP contribution in [-0.2, 0) is 11.3 Å². The van der Waals surface area contributed by atoms with Crippen LogP contribution in [0.5, 0.6) is 0 Å². The van der Waals surface area contributed by atoms with Crippen LogP contribution in [0.3, 0.4) is 0 Å². The zero-order valence-electron chi connectivity index (χ0n) is 7.38. The Morgan fingerprint density at radius 1 is 1.77 bits per heavy atom. The minimum Gasteiger partial charge on any atom is -0.389 e. The maximum atomic E-state index is 11.1. The predicted octanol–water partition coefficient (Wildman–Crippen LogP) is -0.749. The Kier molecular flexibility index (Phi) is 3.60. The average molecular weight is 184 g/mol. The highest BCUT2D eigenvalue weighted by Crippen LogP contribution is 1.87. The van der Waals surface area contributed by atoms with Crippen molar-refractivity contribution in [3.8, 4) is 0 Å². The Bertz CT molecular complexity index is 310. The van der Waals surface area contributed by atoms with Gasteiger partial charge >= 0.3 is 0 Å². The molecular formula is C8H12N2O3. The summed E-state index contributed by atoms with van der Waals surface area (Å²) in [5.74, 6) is 0. The fraction of sp³-hybridized carbons (Fsp3) is 0.500. The minimum absolute atomic E-state index is 0.160. The van der Waals surface area contributed by atoms with E-state index in [0.29, 0.717) is 0 Å². The summed E-state index contributed by atoms with van der Waals surface area (Å²) in [6.07, 6.45) is 0.804. The quantitative estimate of drug-likeness (QED) is 0.668. The highest BCUT2D eigenvalue weighted by molar-refractivity contribution is 4.84. The third-order valence-corrected chi connectivity index (χ3v) is 1.53. The molecule has 0 spiro atoms. The number of hydrogen-bond donors (Lipinski definition) is 1. The molecule has 0 fully saturated rings. The molecule has 0 radical (unpaired) electrons. The van der Waals surface area contributed by atoms with Gasteiger partial charge in [0.2, 0.25) is 0 Å². The van der Waals surface area contributed by atoms with Gasteiger partial charge in [-0.1, -0.05) is 0 Å². The van der Waals surface area contributed by atoms with Crippen molar-refractivity contribution in [1.29, 1.82) is 0 Å². The molecule has 1 atom stereocenters. The van der Waals surface area contributed by atoms with Gasteiger partial charge in [-0.2, -0.15) is 5.10 Å². The molecule has 0 aliphatic rings. The molecule has 1 N–H and O–H groups in total. The Balaban J connectivity index is 2.63. The first kappa shape index (κ1) is 9.88. The molecule has 0 amide bonds. The fourth-order valence-electron chi connectivity index (χ4n) is 0.969. The SMILES string of the molecule is COC[C@H](O)Cn1ncccc1=O. The number of aromatic nitrogens is 2. The predicted molar refractivity (Wildman–Crippen MR) is 46.4 cm³/mol. The summed E-state index contributed by atoms with van der Waals surface area (Å²) < 4.78 is 5.92. The van der Waals surface area contributed by atoms with Gasteiger partial charge in [0.15, 0.2) is 0 Å². The number of rotatable bonds is 4. The van der Waals surface area contributed by atoms with Crippen LogP contribution in [0.1, 0.15) is 0 Å². The van der Waals surface area contributed by atoms with Crippen molar-refractivity contribution in [2.24, 2.45) is 0 Å². The second-order valence-electron chi connectivity index (χ2n) is 2.65. The van der Waals surface area contributed by atoms with E-state index in [-0.39, 0.29) is 18.7 Å². The highest BCUT2D eigenvalue weighted by atomic mass is 16.5. The minimum atomic E-state index is -0.697. The Morgan fingerprint density at radius 3 is 3.15 bits per heavy atom. The van der Waals surface area contributed by atoms with E-state index < -0.39 is 6.10 Å². The van der Waals surface area contributed by atoms with Crippen LogP contribution >= 0.6 is 0 Å². The van der Waals surface area contributed by atoms with Gasteiger partial charge in [0.25, 0.3) is 5.56 Å². The second kappa shape index (κ2) is 4.74. The summed E-state index contributed by atoms with van der Waals surface area (Å²) in [7, 11) is 1.49. The number of aliphatic hydroxyl groups excluding tert-OH is 1. The highest BCUT2D eigenvalue weighted by Gasteiger charge is 2.05. The van der Waals surface area contributed by atoms with Crippen LogP contribution < -0.4 is 5.56 Å². The zero-order chi connectivity index (χ0) is 9.68. The van der Waals surface area contributed by atoms with E-state index in [2.05, 4.69) is 5.10 Å². The molecule has 1 aromatic rings. The molecule has 0 unspecified atom stereocenters. The lowest BCUT2D eigenvalue weighted by molar-refractivity contribution is 0.0504. The molecule has 1 heterocycles. The molecule has 13 heavy (non-hydrogen) atoms. The molecule has 0 aliphatic carbocycles. The number of aliphatic hydroxyl groups is 1. The lowest BCUT2D eigenvalue weighted by atomic mass is 10.4. The largest absolute Gasteiger partial charge is 0.389 e. The van der Waals surface area contributed by atoms with Gasteiger partial charge in [-0.25, -0.2) is 4.68 Å². The average Bonchev–Trinajstić information content (AvgIpc) is 2.09. The number of nitrogens with zero attached hydrogens (tertiary/aromatic N) is 2. The van der Waals surface area contributed by atoms with Crippen molar-refractivity contribution in [3.63, 3.8) is 0 Å². The third kappa shape index (κ3) is 2.96. The van der Waals surface area contributed by atoms with Crippen LogP contribution in [0.15, 0.2) is 23.1 Å². The van der Waals surface area contributed by atoms with E-state index in [4.69, 9.17) is 4.74 Å². The normalized spacial score (nSPS) is 12.8. The first-order valence-electron chi connectivity index (χ1n) is 3.93. The first-order valence-corrected chi connectivity index (χ1v) is 3.93. The Labute approximate surface area is 75.6 Å². The molecule has 0 saturated heterocycles. The molecule has 0 bridgehead atoms. The van der Waals surface area contributed by atoms with Gasteiger partial charge < -0.3 is 9.84 Å². The van der Waals surface area contributed by atoms with E-state index in [1.54, 1.807) is 6.07 Å². The van der Waals surface area contributed by atoms with Crippen molar-refractivity contribution >= 4 is 0 Å². The molecule has 0 aliphatic heterocycles. The molecular weight excluding hydrogens is 172 g/mol. The van der Waals surface area contributed by atoms with Crippen LogP contribution in [0.4, 0.5) is 0 Å². The molecule has 0 aromatic carbocycles. The number of hydrogen-bond acceptors (Lipinski definition) is 4. The van der Waals surface area contributed by atoms with Crippen molar-refractivity contribution < 1.29 is 9.84 Å². The van der Waals surface area contributed by atoms with E-state index in [0.717, 1.165) is 0 Å². The number of methoxy groups -OCH3 is 1. The van der Waals surface area contributed by atoms with Crippen LogP contribution in [-0.4, -0.2) is 34.7 Å². The topological polar surface area (TPSA) is 64.3 Å². The first-order chi connectivity index (χ1) is 6.24. The van der Waals surface area contributed by atoms with E-state index in [9.17, 15) is 9.90 Å². The van der Waals surface area contributed by atoms with Crippen molar-refractivity contribution in [3.05, 3.63) is 28.7 Å². The second-order valence-corrected chi connectivity index (χ2v) is 2.65. The third-order valence-electron chi connectivity index (χ3n) is 1.53. The lowest BCUT2D eigenvalue weighted by Crippen LogP contribution is -2.30. The lowest BCUT2D eigenvalue weighted by Gasteiger charge is -2.09. The molecule has 1 aromatic heterocycles. The standard InChI is InChI=1S/C8H12N2O3/c1-13-6-7(11)5-10-8(12)3-2-4-9-10/h2-4,7,11H,5-6H2,1H3/t7-/m1/s1. The smallest absolute Gasteiger partial charge is 0.266 e. The van der Waals surface area contributed by atoms with Crippen LogP contribution in [0.25, 0.3) is 0 Å². The molecule has 5 heteroatoms. The van der Waals surface area contributed by atoms with Crippen LogP contribution in [0, 0.1) is 0 Å².